The van der Waals surface area contributed by atoms with Gasteiger partial charge in [0.25, 0.3) is 0 Å². The lowest BCUT2D eigenvalue weighted by Gasteiger charge is -2.26. The van der Waals surface area contributed by atoms with Crippen molar-refractivity contribution in [3.05, 3.63) is 24.0 Å². The Morgan fingerprint density at radius 3 is 2.88 bits per heavy atom. The van der Waals surface area contributed by atoms with Gasteiger partial charge in [0.1, 0.15) is 0 Å². The van der Waals surface area contributed by atoms with E-state index in [9.17, 15) is 0 Å². The predicted molar refractivity (Wildman–Crippen MR) is 69.0 cm³/mol. The van der Waals surface area contributed by atoms with Gasteiger partial charge in [0.15, 0.2) is 0 Å². The molecule has 2 rings (SSSR count). The van der Waals surface area contributed by atoms with Gasteiger partial charge in [0, 0.05) is 39.1 Å². The summed E-state index contributed by atoms with van der Waals surface area (Å²) in [6, 6.07) is 2.16. The van der Waals surface area contributed by atoms with Crippen LogP contribution in [0.1, 0.15) is 12.0 Å². The fourth-order valence-corrected chi connectivity index (χ4v) is 2.15. The molecule has 1 saturated heterocycles. The smallest absolute Gasteiger partial charge is 0.0594 e. The van der Waals surface area contributed by atoms with Crippen molar-refractivity contribution in [1.82, 2.24) is 14.8 Å². The van der Waals surface area contributed by atoms with Crippen LogP contribution in [0.5, 0.6) is 0 Å². The van der Waals surface area contributed by atoms with Gasteiger partial charge in [-0.15, -0.1) is 0 Å². The zero-order valence-corrected chi connectivity index (χ0v) is 10.7. The molecule has 1 N–H and O–H groups in total. The summed E-state index contributed by atoms with van der Waals surface area (Å²) in [5, 5.41) is 3.48. The summed E-state index contributed by atoms with van der Waals surface area (Å²) in [6.45, 7) is 7.24. The normalized spacial score (nSPS) is 17.5. The third-order valence-electron chi connectivity index (χ3n) is 3.15. The highest BCUT2D eigenvalue weighted by Crippen LogP contribution is 1.99. The SMILES string of the molecule is Cn1ccc(CNCCCN2CCOCC2)c1. The van der Waals surface area contributed by atoms with Crippen LogP contribution in [0.2, 0.25) is 0 Å². The third kappa shape index (κ3) is 4.50. The predicted octanol–water partition coefficient (Wildman–Crippen LogP) is 0.837. The first-order chi connectivity index (χ1) is 8.34. The number of ether oxygens (including phenoxy) is 1. The van der Waals surface area contributed by atoms with Crippen LogP contribution in [0, 0.1) is 0 Å². The second kappa shape index (κ2) is 6.79. The van der Waals surface area contributed by atoms with Gasteiger partial charge in [0.2, 0.25) is 0 Å². The molecule has 0 bridgehead atoms. The number of nitrogens with one attached hydrogen (secondary N) is 1. The van der Waals surface area contributed by atoms with Crippen LogP contribution in [0.4, 0.5) is 0 Å². The van der Waals surface area contributed by atoms with Crippen molar-refractivity contribution < 1.29 is 4.74 Å². The highest BCUT2D eigenvalue weighted by molar-refractivity contribution is 5.09. The molecular formula is C13H23N3O. The summed E-state index contributed by atoms with van der Waals surface area (Å²) in [5.74, 6) is 0. The molecule has 0 atom stereocenters. The second-order valence-corrected chi connectivity index (χ2v) is 4.67. The minimum atomic E-state index is 0.900. The maximum absolute atomic E-state index is 5.33. The Hall–Kier alpha value is -0.840. The Morgan fingerprint density at radius 2 is 2.18 bits per heavy atom. The van der Waals surface area contributed by atoms with Crippen LogP contribution < -0.4 is 5.32 Å². The van der Waals surface area contributed by atoms with Gasteiger partial charge in [-0.25, -0.2) is 0 Å². The Morgan fingerprint density at radius 1 is 1.35 bits per heavy atom. The molecule has 1 aliphatic heterocycles. The van der Waals surface area contributed by atoms with E-state index < -0.39 is 0 Å². The topological polar surface area (TPSA) is 29.4 Å². The summed E-state index contributed by atoms with van der Waals surface area (Å²) in [7, 11) is 2.06. The molecule has 96 valence electrons. The molecule has 2 heterocycles. The van der Waals surface area contributed by atoms with Gasteiger partial charge in [-0.1, -0.05) is 0 Å². The molecular weight excluding hydrogens is 214 g/mol. The van der Waals surface area contributed by atoms with E-state index in [0.717, 1.165) is 39.4 Å². The van der Waals surface area contributed by atoms with Crippen molar-refractivity contribution >= 4 is 0 Å². The molecule has 0 aliphatic carbocycles. The monoisotopic (exact) mass is 237 g/mol. The first-order valence-electron chi connectivity index (χ1n) is 6.46. The summed E-state index contributed by atoms with van der Waals surface area (Å²) in [5.41, 5.74) is 1.36. The standard InChI is InChI=1S/C13H23N3O/c1-15-6-3-13(12-15)11-14-4-2-5-16-7-9-17-10-8-16/h3,6,12,14H,2,4-5,7-11H2,1H3. The molecule has 1 aromatic rings. The Labute approximate surface area is 104 Å². The van der Waals surface area contributed by atoms with Gasteiger partial charge in [-0.05, 0) is 31.1 Å². The maximum atomic E-state index is 5.33. The van der Waals surface area contributed by atoms with Crippen molar-refractivity contribution in [2.45, 2.75) is 13.0 Å². The highest BCUT2D eigenvalue weighted by atomic mass is 16.5. The molecule has 4 nitrogen and oxygen atoms in total. The molecule has 0 aromatic carbocycles. The fourth-order valence-electron chi connectivity index (χ4n) is 2.15. The Bertz CT molecular complexity index is 318. The molecule has 1 fully saturated rings. The van der Waals surface area contributed by atoms with Gasteiger partial charge >= 0.3 is 0 Å². The molecule has 4 heteroatoms. The molecule has 0 spiro atoms. The largest absolute Gasteiger partial charge is 0.379 e. The quantitative estimate of drug-likeness (QED) is 0.743. The highest BCUT2D eigenvalue weighted by Gasteiger charge is 2.08. The van der Waals surface area contributed by atoms with Gasteiger partial charge < -0.3 is 14.6 Å². The number of aryl methyl sites for hydroxylation is 1. The van der Waals surface area contributed by atoms with Crippen molar-refractivity contribution in [2.75, 3.05) is 39.4 Å². The summed E-state index contributed by atoms with van der Waals surface area (Å²) in [6.07, 6.45) is 5.46. The minimum Gasteiger partial charge on any atom is -0.379 e. The van der Waals surface area contributed by atoms with Gasteiger partial charge in [0.05, 0.1) is 13.2 Å². The van der Waals surface area contributed by atoms with E-state index in [1.165, 1.54) is 18.5 Å². The van der Waals surface area contributed by atoms with E-state index in [0.29, 0.717) is 0 Å². The molecule has 17 heavy (non-hydrogen) atoms. The van der Waals surface area contributed by atoms with Crippen LogP contribution in [0.15, 0.2) is 18.5 Å². The first kappa shape index (κ1) is 12.6. The zero-order chi connectivity index (χ0) is 11.9. The maximum Gasteiger partial charge on any atom is 0.0594 e. The lowest BCUT2D eigenvalue weighted by molar-refractivity contribution is 0.0374. The lowest BCUT2D eigenvalue weighted by Crippen LogP contribution is -2.37. The molecule has 1 aromatic heterocycles. The van der Waals surface area contributed by atoms with Crippen molar-refractivity contribution in [2.24, 2.45) is 7.05 Å². The van der Waals surface area contributed by atoms with Crippen LogP contribution in [0.25, 0.3) is 0 Å². The first-order valence-corrected chi connectivity index (χ1v) is 6.46. The summed E-state index contributed by atoms with van der Waals surface area (Å²) < 4.78 is 7.42. The van der Waals surface area contributed by atoms with E-state index in [4.69, 9.17) is 4.74 Å². The third-order valence-corrected chi connectivity index (χ3v) is 3.15. The minimum absolute atomic E-state index is 0.900. The Balaban J connectivity index is 1.51. The van der Waals surface area contributed by atoms with Crippen molar-refractivity contribution in [3.63, 3.8) is 0 Å². The number of aromatic nitrogens is 1. The van der Waals surface area contributed by atoms with Crippen molar-refractivity contribution in [1.29, 1.82) is 0 Å². The van der Waals surface area contributed by atoms with E-state index in [-0.39, 0.29) is 0 Å². The van der Waals surface area contributed by atoms with Crippen LogP contribution >= 0.6 is 0 Å². The van der Waals surface area contributed by atoms with Crippen molar-refractivity contribution in [3.8, 4) is 0 Å². The van der Waals surface area contributed by atoms with Gasteiger partial charge in [-0.2, -0.15) is 0 Å². The number of nitrogens with zero attached hydrogens (tertiary/aromatic N) is 2. The molecule has 1 aliphatic rings. The zero-order valence-electron chi connectivity index (χ0n) is 10.7. The number of morpholine rings is 1. The van der Waals surface area contributed by atoms with E-state index >= 15 is 0 Å². The molecule has 0 radical (unpaired) electrons. The second-order valence-electron chi connectivity index (χ2n) is 4.67. The lowest BCUT2D eigenvalue weighted by atomic mass is 10.3. The molecule has 0 saturated carbocycles. The Kier molecular flexibility index (Phi) is 5.04. The molecule has 0 amide bonds. The van der Waals surface area contributed by atoms with Crippen LogP contribution in [-0.4, -0.2) is 48.9 Å². The average Bonchev–Trinajstić information content (AvgIpc) is 2.76. The number of rotatable bonds is 6. The fraction of sp³-hybridized carbons (Fsp3) is 0.692. The number of hydrogen-bond acceptors (Lipinski definition) is 3. The summed E-state index contributed by atoms with van der Waals surface area (Å²) in [4.78, 5) is 2.48. The average molecular weight is 237 g/mol. The van der Waals surface area contributed by atoms with E-state index in [1.807, 2.05) is 0 Å². The van der Waals surface area contributed by atoms with Crippen LogP contribution in [0.3, 0.4) is 0 Å². The van der Waals surface area contributed by atoms with E-state index in [1.54, 1.807) is 0 Å². The van der Waals surface area contributed by atoms with Crippen LogP contribution in [-0.2, 0) is 18.3 Å². The molecule has 0 unspecified atom stereocenters. The van der Waals surface area contributed by atoms with E-state index in [2.05, 4.69) is 40.3 Å². The summed E-state index contributed by atoms with van der Waals surface area (Å²) >= 11 is 0. The van der Waals surface area contributed by atoms with Gasteiger partial charge in [-0.3, -0.25) is 4.90 Å². The number of hydrogen-bond donors (Lipinski definition) is 1.